The third-order valence-electron chi connectivity index (χ3n) is 1.09. The fourth-order valence-corrected chi connectivity index (χ4v) is 0.600. The maximum atomic E-state index is 6.67. The Morgan fingerprint density at radius 2 is 2.60 bits per heavy atom. The second kappa shape index (κ2) is 2.91. The summed E-state index contributed by atoms with van der Waals surface area (Å²) >= 11 is 0. The third-order valence-corrected chi connectivity index (χ3v) is 1.09. The quantitative estimate of drug-likeness (QED) is 0.587. The van der Waals surface area contributed by atoms with Crippen LogP contribution in [-0.4, -0.2) is 22.6 Å². The van der Waals surface area contributed by atoms with Crippen molar-refractivity contribution in [2.45, 2.75) is 6.92 Å². The molecule has 1 aromatic heterocycles. The smallest absolute Gasteiger partial charge is 0.104 e. The van der Waals surface area contributed by atoms with Gasteiger partial charge >= 0.3 is 0 Å². The van der Waals surface area contributed by atoms with Crippen molar-refractivity contribution < 1.29 is 0 Å². The van der Waals surface area contributed by atoms with Crippen LogP contribution in [-0.2, 0) is 0 Å². The highest BCUT2D eigenvalue weighted by atomic mass is 15.1. The summed E-state index contributed by atoms with van der Waals surface area (Å²) in [5.74, 6) is 0. The van der Waals surface area contributed by atoms with Crippen molar-refractivity contribution in [2.75, 3.05) is 0 Å². The molecular formula is C6H8N4. The molecule has 0 radical (unpaired) electrons. The molecule has 0 aliphatic heterocycles. The third kappa shape index (κ3) is 1.28. The van der Waals surface area contributed by atoms with Gasteiger partial charge in [-0.05, 0) is 6.92 Å². The van der Waals surface area contributed by atoms with Crippen LogP contribution in [0.5, 0.6) is 0 Å². The standard InChI is InChI=1S/C6H8N4/c1-5-6(4-9-10-5)8-3-2-7/h2-4,7H,1H3,(H,9,10)/b7-2?,8-3-. The van der Waals surface area contributed by atoms with Gasteiger partial charge in [-0.3, -0.25) is 10.1 Å². The Morgan fingerprint density at radius 1 is 1.80 bits per heavy atom. The molecule has 0 bridgehead atoms. The molecule has 1 rings (SSSR count). The first-order chi connectivity index (χ1) is 4.84. The first kappa shape index (κ1) is 6.67. The first-order valence-corrected chi connectivity index (χ1v) is 2.88. The van der Waals surface area contributed by atoms with E-state index in [1.807, 2.05) is 6.92 Å². The van der Waals surface area contributed by atoms with Crippen molar-refractivity contribution in [2.24, 2.45) is 4.99 Å². The Labute approximate surface area is 58.5 Å². The molecule has 0 spiro atoms. The summed E-state index contributed by atoms with van der Waals surface area (Å²) in [4.78, 5) is 3.92. The van der Waals surface area contributed by atoms with E-state index < -0.39 is 0 Å². The number of nitrogens with zero attached hydrogens (tertiary/aromatic N) is 2. The van der Waals surface area contributed by atoms with E-state index in [1.54, 1.807) is 6.20 Å². The molecule has 1 heterocycles. The van der Waals surface area contributed by atoms with Gasteiger partial charge in [-0.15, -0.1) is 0 Å². The maximum Gasteiger partial charge on any atom is 0.104 e. The number of hydrogen-bond donors (Lipinski definition) is 2. The van der Waals surface area contributed by atoms with Crippen molar-refractivity contribution >= 4 is 18.1 Å². The lowest BCUT2D eigenvalue weighted by Gasteiger charge is -1.82. The number of aromatic amines is 1. The van der Waals surface area contributed by atoms with E-state index >= 15 is 0 Å². The zero-order chi connectivity index (χ0) is 7.40. The van der Waals surface area contributed by atoms with Gasteiger partial charge in [0.05, 0.1) is 5.69 Å². The lowest BCUT2D eigenvalue weighted by Crippen LogP contribution is -1.72. The molecule has 0 unspecified atom stereocenters. The molecule has 0 aliphatic carbocycles. The Hall–Kier alpha value is -1.45. The molecule has 10 heavy (non-hydrogen) atoms. The van der Waals surface area contributed by atoms with E-state index in [0.29, 0.717) is 0 Å². The molecule has 4 heteroatoms. The van der Waals surface area contributed by atoms with Crippen LogP contribution in [0, 0.1) is 12.3 Å². The Balaban J connectivity index is 2.83. The van der Waals surface area contributed by atoms with Crippen LogP contribution in [0.15, 0.2) is 11.2 Å². The Kier molecular flexibility index (Phi) is 1.94. The van der Waals surface area contributed by atoms with Gasteiger partial charge in [-0.1, -0.05) is 0 Å². The highest BCUT2D eigenvalue weighted by Crippen LogP contribution is 2.12. The van der Waals surface area contributed by atoms with E-state index in [0.717, 1.165) is 17.6 Å². The molecule has 0 atom stereocenters. The molecule has 0 aromatic carbocycles. The molecule has 0 aliphatic rings. The number of rotatable bonds is 2. The van der Waals surface area contributed by atoms with Gasteiger partial charge in [0.25, 0.3) is 0 Å². The van der Waals surface area contributed by atoms with Gasteiger partial charge in [0, 0.05) is 18.6 Å². The zero-order valence-electron chi connectivity index (χ0n) is 5.63. The molecular weight excluding hydrogens is 128 g/mol. The largest absolute Gasteiger partial charge is 0.307 e. The fourth-order valence-electron chi connectivity index (χ4n) is 0.600. The molecule has 0 saturated heterocycles. The molecule has 4 nitrogen and oxygen atoms in total. The average molecular weight is 136 g/mol. The highest BCUT2D eigenvalue weighted by molar-refractivity contribution is 6.15. The highest BCUT2D eigenvalue weighted by Gasteiger charge is 1.93. The van der Waals surface area contributed by atoms with Crippen LogP contribution < -0.4 is 0 Å². The summed E-state index contributed by atoms with van der Waals surface area (Å²) < 4.78 is 0. The van der Waals surface area contributed by atoms with Crippen molar-refractivity contribution in [3.05, 3.63) is 11.9 Å². The number of nitrogens with one attached hydrogen (secondary N) is 2. The summed E-state index contributed by atoms with van der Waals surface area (Å²) in [6.07, 6.45) is 4.24. The summed E-state index contributed by atoms with van der Waals surface area (Å²) in [5.41, 5.74) is 1.63. The fraction of sp³-hybridized carbons (Fsp3) is 0.167. The van der Waals surface area contributed by atoms with E-state index in [2.05, 4.69) is 15.2 Å². The molecule has 2 N–H and O–H groups in total. The zero-order valence-corrected chi connectivity index (χ0v) is 5.63. The van der Waals surface area contributed by atoms with E-state index in [1.165, 1.54) is 6.21 Å². The minimum atomic E-state index is 0.781. The molecule has 1 aromatic rings. The topological polar surface area (TPSA) is 64.9 Å². The summed E-state index contributed by atoms with van der Waals surface area (Å²) in [6.45, 7) is 1.85. The Bertz CT molecular complexity index is 248. The number of aryl methyl sites for hydroxylation is 1. The van der Waals surface area contributed by atoms with Crippen LogP contribution in [0.2, 0.25) is 0 Å². The first-order valence-electron chi connectivity index (χ1n) is 2.88. The Morgan fingerprint density at radius 3 is 3.10 bits per heavy atom. The molecule has 52 valence electrons. The number of hydrogen-bond acceptors (Lipinski definition) is 3. The maximum absolute atomic E-state index is 6.67. The molecule has 0 amide bonds. The SMILES string of the molecule is Cc1n[nH]cc1/N=C\C=N. The molecule has 0 saturated carbocycles. The minimum Gasteiger partial charge on any atom is -0.307 e. The molecule has 0 fully saturated rings. The summed E-state index contributed by atoms with van der Waals surface area (Å²) in [6, 6.07) is 0. The number of aliphatic imine (C=N–C) groups is 1. The van der Waals surface area contributed by atoms with E-state index in [4.69, 9.17) is 5.41 Å². The van der Waals surface area contributed by atoms with Crippen molar-refractivity contribution in [3.63, 3.8) is 0 Å². The van der Waals surface area contributed by atoms with Crippen LogP contribution in [0.4, 0.5) is 5.69 Å². The predicted octanol–water partition coefficient (Wildman–Crippen LogP) is 1.07. The van der Waals surface area contributed by atoms with Gasteiger partial charge in [0.1, 0.15) is 5.69 Å². The van der Waals surface area contributed by atoms with Gasteiger partial charge in [-0.2, -0.15) is 5.10 Å². The van der Waals surface area contributed by atoms with Crippen LogP contribution in [0.25, 0.3) is 0 Å². The van der Waals surface area contributed by atoms with Crippen LogP contribution in [0.1, 0.15) is 5.69 Å². The van der Waals surface area contributed by atoms with Gasteiger partial charge in [0.2, 0.25) is 0 Å². The predicted molar refractivity (Wildman–Crippen MR) is 40.3 cm³/mol. The van der Waals surface area contributed by atoms with Crippen LogP contribution in [0.3, 0.4) is 0 Å². The van der Waals surface area contributed by atoms with Gasteiger partial charge in [-0.25, -0.2) is 0 Å². The van der Waals surface area contributed by atoms with Gasteiger partial charge < -0.3 is 5.41 Å². The van der Waals surface area contributed by atoms with Crippen LogP contribution >= 0.6 is 0 Å². The summed E-state index contributed by atoms with van der Waals surface area (Å²) in [5, 5.41) is 13.2. The second-order valence-electron chi connectivity index (χ2n) is 1.80. The monoisotopic (exact) mass is 136 g/mol. The normalized spacial score (nSPS) is 10.5. The van der Waals surface area contributed by atoms with E-state index in [9.17, 15) is 0 Å². The second-order valence-corrected chi connectivity index (χ2v) is 1.80. The van der Waals surface area contributed by atoms with Gasteiger partial charge in [0.15, 0.2) is 0 Å². The lowest BCUT2D eigenvalue weighted by atomic mass is 10.4. The van der Waals surface area contributed by atoms with Crippen molar-refractivity contribution in [1.29, 1.82) is 5.41 Å². The lowest BCUT2D eigenvalue weighted by molar-refractivity contribution is 1.05. The van der Waals surface area contributed by atoms with E-state index in [-0.39, 0.29) is 0 Å². The summed E-state index contributed by atoms with van der Waals surface area (Å²) in [7, 11) is 0. The number of aromatic nitrogens is 2. The average Bonchev–Trinajstić information content (AvgIpc) is 2.31. The number of H-pyrrole nitrogens is 1. The van der Waals surface area contributed by atoms with Crippen molar-refractivity contribution in [1.82, 2.24) is 10.2 Å². The minimum absolute atomic E-state index is 0.781. The van der Waals surface area contributed by atoms with Crippen molar-refractivity contribution in [3.8, 4) is 0 Å².